The summed E-state index contributed by atoms with van der Waals surface area (Å²) >= 11 is 6.19. The number of carbonyl (C=O) groups excluding carboxylic acids is 1. The molecule has 1 saturated heterocycles. The fourth-order valence-electron chi connectivity index (χ4n) is 3.81. The Morgan fingerprint density at radius 2 is 2.34 bits per heavy atom. The third-order valence-electron chi connectivity index (χ3n) is 5.59. The second-order valence-electron chi connectivity index (χ2n) is 7.61. The molecule has 12 heteroatoms. The maximum Gasteiger partial charge on any atom is 0.412 e. The van der Waals surface area contributed by atoms with Crippen LogP contribution in [0.15, 0.2) is 24.4 Å². The van der Waals surface area contributed by atoms with Gasteiger partial charge < -0.3 is 20.7 Å². The van der Waals surface area contributed by atoms with Gasteiger partial charge in [0.25, 0.3) is 0 Å². The Hall–Kier alpha value is -2.91. The molecule has 2 aromatic rings. The Labute approximate surface area is 188 Å². The fraction of sp³-hybridized carbons (Fsp3) is 0.450. The Morgan fingerprint density at radius 3 is 2.97 bits per heavy atom. The van der Waals surface area contributed by atoms with E-state index < -0.39 is 24.0 Å². The highest BCUT2D eigenvalue weighted by molar-refractivity contribution is 6.31. The highest BCUT2D eigenvalue weighted by Gasteiger charge is 2.46. The zero-order chi connectivity index (χ0) is 23.5. The normalized spacial score (nSPS) is 22.2. The van der Waals surface area contributed by atoms with Crippen molar-refractivity contribution in [1.29, 1.82) is 5.26 Å². The predicted molar refractivity (Wildman–Crippen MR) is 114 cm³/mol. The number of hydrogen-bond donors (Lipinski definition) is 4. The number of aromatic hydroxyl groups is 1. The van der Waals surface area contributed by atoms with Crippen molar-refractivity contribution in [2.24, 2.45) is 5.73 Å². The first-order valence-corrected chi connectivity index (χ1v) is 10.2. The van der Waals surface area contributed by atoms with Gasteiger partial charge in [0, 0.05) is 30.9 Å². The molecule has 3 rings (SSSR count). The van der Waals surface area contributed by atoms with Gasteiger partial charge in [-0.15, -0.1) is 0 Å². The number of ether oxygens (including phenoxy) is 1. The van der Waals surface area contributed by atoms with E-state index in [0.29, 0.717) is 23.7 Å². The van der Waals surface area contributed by atoms with Gasteiger partial charge in [0.15, 0.2) is 5.82 Å². The van der Waals surface area contributed by atoms with E-state index >= 15 is 4.39 Å². The molecule has 1 amide bonds. The first kappa shape index (κ1) is 23.7. The quantitative estimate of drug-likeness (QED) is 0.473. The van der Waals surface area contributed by atoms with E-state index in [-0.39, 0.29) is 36.5 Å². The minimum atomic E-state index is -1.51. The summed E-state index contributed by atoms with van der Waals surface area (Å²) in [6.45, 7) is 0.708. The molecular formula is C20H24ClFN6O4. The highest BCUT2D eigenvalue weighted by Crippen LogP contribution is 2.38. The summed E-state index contributed by atoms with van der Waals surface area (Å²) in [5, 5.41) is 36.0. The Bertz CT molecular complexity index is 1030. The summed E-state index contributed by atoms with van der Waals surface area (Å²) < 4.78 is 21.4. The number of likely N-dealkylation sites (tertiary alicyclic amines) is 1. The molecule has 5 N–H and O–H groups in total. The zero-order valence-electron chi connectivity index (χ0n) is 17.3. The fourth-order valence-corrected chi connectivity index (χ4v) is 3.99. The number of aromatic nitrogens is 2. The molecule has 3 unspecified atom stereocenters. The molecule has 0 spiro atoms. The number of benzene rings is 1. The maximum atomic E-state index is 15.6. The molecule has 0 saturated carbocycles. The third kappa shape index (κ3) is 4.78. The van der Waals surface area contributed by atoms with Crippen molar-refractivity contribution in [3.8, 4) is 11.8 Å². The van der Waals surface area contributed by atoms with Crippen molar-refractivity contribution in [2.75, 3.05) is 25.5 Å². The molecule has 1 aliphatic rings. The molecule has 1 aliphatic heterocycles. The van der Waals surface area contributed by atoms with Gasteiger partial charge in [-0.25, -0.2) is 9.18 Å². The number of carbonyl (C=O) groups is 1. The molecule has 172 valence electrons. The zero-order valence-corrected chi connectivity index (χ0v) is 18.1. The average Bonchev–Trinajstić information content (AvgIpc) is 3.17. The Balaban J connectivity index is 1.88. The summed E-state index contributed by atoms with van der Waals surface area (Å²) in [5.74, 6) is -0.0163. The first-order chi connectivity index (χ1) is 15.2. The minimum absolute atomic E-state index is 0.0200. The van der Waals surface area contributed by atoms with Crippen molar-refractivity contribution < 1.29 is 24.1 Å². The molecule has 0 bridgehead atoms. The van der Waals surface area contributed by atoms with Gasteiger partial charge in [0.2, 0.25) is 0 Å². The number of halogens is 2. The van der Waals surface area contributed by atoms with Gasteiger partial charge >= 0.3 is 6.09 Å². The number of nitriles is 1. The molecule has 1 aromatic heterocycles. The monoisotopic (exact) mass is 466 g/mol. The van der Waals surface area contributed by atoms with Crippen LogP contribution in [0.4, 0.5) is 15.0 Å². The smallest absolute Gasteiger partial charge is 0.412 e. The van der Waals surface area contributed by atoms with E-state index in [1.165, 1.54) is 23.0 Å². The van der Waals surface area contributed by atoms with Crippen LogP contribution in [0.2, 0.25) is 5.02 Å². The van der Waals surface area contributed by atoms with E-state index in [9.17, 15) is 20.3 Å². The Morgan fingerprint density at radius 1 is 1.59 bits per heavy atom. The van der Waals surface area contributed by atoms with Crippen LogP contribution in [0.25, 0.3) is 0 Å². The number of nitrogens with zero attached hydrogens (tertiary/aromatic N) is 4. The largest absolute Gasteiger partial charge is 0.508 e. The number of alkyl halides is 1. The van der Waals surface area contributed by atoms with Gasteiger partial charge in [-0.2, -0.15) is 10.4 Å². The first-order valence-electron chi connectivity index (χ1n) is 9.79. The molecule has 0 aliphatic carbocycles. The van der Waals surface area contributed by atoms with Crippen LogP contribution in [0.5, 0.6) is 5.75 Å². The molecule has 32 heavy (non-hydrogen) atoms. The van der Waals surface area contributed by atoms with Crippen LogP contribution < -0.4 is 11.1 Å². The van der Waals surface area contributed by atoms with Crippen LogP contribution in [0.1, 0.15) is 30.2 Å². The van der Waals surface area contributed by atoms with E-state index in [2.05, 4.69) is 15.2 Å². The number of hydrogen-bond acceptors (Lipinski definition) is 8. The lowest BCUT2D eigenvalue weighted by molar-refractivity contribution is 0.00680. The number of phenols is 1. The summed E-state index contributed by atoms with van der Waals surface area (Å²) in [5.41, 5.74) is 4.97. The second kappa shape index (κ2) is 9.70. The van der Waals surface area contributed by atoms with Gasteiger partial charge in [0.05, 0.1) is 25.2 Å². The van der Waals surface area contributed by atoms with Gasteiger partial charge in [-0.1, -0.05) is 11.6 Å². The summed E-state index contributed by atoms with van der Waals surface area (Å²) in [6.07, 6.45) is -2.46. The van der Waals surface area contributed by atoms with Crippen LogP contribution in [0.3, 0.4) is 0 Å². The van der Waals surface area contributed by atoms with Crippen molar-refractivity contribution in [3.05, 3.63) is 40.5 Å². The van der Waals surface area contributed by atoms with Crippen molar-refractivity contribution in [2.45, 2.75) is 37.3 Å². The maximum absolute atomic E-state index is 15.6. The molecule has 3 atom stereocenters. The van der Waals surface area contributed by atoms with E-state index in [4.69, 9.17) is 17.3 Å². The average molecular weight is 467 g/mol. The number of piperidine rings is 1. The van der Waals surface area contributed by atoms with Crippen LogP contribution >= 0.6 is 11.6 Å². The van der Waals surface area contributed by atoms with Crippen LogP contribution in [-0.2, 0) is 16.8 Å². The SMILES string of the molecule is COC(=O)Nc1nn(C2(CC#N)CCN(Cc3cc(O)ccc3Cl)CC2F)cc1C(N)O. The number of methoxy groups -OCH3 is 1. The third-order valence-corrected chi connectivity index (χ3v) is 5.96. The number of anilines is 1. The molecule has 10 nitrogen and oxygen atoms in total. The van der Waals surface area contributed by atoms with E-state index in [0.717, 1.165) is 7.11 Å². The van der Waals surface area contributed by atoms with Gasteiger partial charge in [0.1, 0.15) is 23.7 Å². The molecule has 1 aromatic carbocycles. The Kier molecular flexibility index (Phi) is 7.20. The number of rotatable bonds is 6. The summed E-state index contributed by atoms with van der Waals surface area (Å²) in [4.78, 5) is 13.4. The second-order valence-corrected chi connectivity index (χ2v) is 8.01. The van der Waals surface area contributed by atoms with Crippen molar-refractivity contribution in [1.82, 2.24) is 14.7 Å². The van der Waals surface area contributed by atoms with Crippen molar-refractivity contribution in [3.63, 3.8) is 0 Å². The van der Waals surface area contributed by atoms with Gasteiger partial charge in [-0.3, -0.25) is 14.9 Å². The van der Waals surface area contributed by atoms with Gasteiger partial charge in [-0.05, 0) is 30.2 Å². The lowest BCUT2D eigenvalue weighted by atomic mass is 9.83. The lowest BCUT2D eigenvalue weighted by Gasteiger charge is -2.43. The highest BCUT2D eigenvalue weighted by atomic mass is 35.5. The molecule has 1 fully saturated rings. The molecular weight excluding hydrogens is 443 g/mol. The predicted octanol–water partition coefficient (Wildman–Crippen LogP) is 2.22. The number of nitrogens with one attached hydrogen (secondary N) is 1. The topological polar surface area (TPSA) is 150 Å². The van der Waals surface area contributed by atoms with E-state index in [1.54, 1.807) is 6.07 Å². The van der Waals surface area contributed by atoms with Crippen molar-refractivity contribution >= 4 is 23.5 Å². The van der Waals surface area contributed by atoms with E-state index in [1.807, 2.05) is 11.0 Å². The van der Waals surface area contributed by atoms with Crippen LogP contribution in [0, 0.1) is 11.3 Å². The standard InChI is InChI=1S/C20H24ClFN6O4/c1-32-19(31)25-18-14(17(24)30)10-28(26-18)20(4-6-23)5-7-27(11-16(20)22)9-12-8-13(29)2-3-15(12)21/h2-3,8,10,16-17,29-30H,4-5,7,9,11,24H2,1H3,(H,25,26,31). The number of aliphatic hydroxyl groups excluding tert-OH is 1. The number of nitrogens with two attached hydrogens (primary N) is 1. The summed E-state index contributed by atoms with van der Waals surface area (Å²) in [6, 6.07) is 6.59. The molecule has 0 radical (unpaired) electrons. The summed E-state index contributed by atoms with van der Waals surface area (Å²) in [7, 11) is 1.16. The minimum Gasteiger partial charge on any atom is -0.508 e. The number of aliphatic hydroxyl groups is 1. The lowest BCUT2D eigenvalue weighted by Crippen LogP contribution is -2.54. The number of amides is 1. The number of phenolic OH excluding ortho intramolecular Hbond substituents is 1. The van der Waals surface area contributed by atoms with Crippen LogP contribution in [-0.4, -0.2) is 57.4 Å². The molecule has 2 heterocycles.